The highest BCUT2D eigenvalue weighted by Gasteiger charge is 2.31. The third-order valence-electron chi connectivity index (χ3n) is 6.83. The minimum atomic E-state index is 0.246. The maximum atomic E-state index is 12.9. The van der Waals surface area contributed by atoms with Crippen LogP contribution in [0.3, 0.4) is 0 Å². The van der Waals surface area contributed by atoms with Gasteiger partial charge in [-0.2, -0.15) is 0 Å². The largest absolute Gasteiger partial charge is 0.469 e. The molecule has 3 aliphatic rings. The lowest BCUT2D eigenvalue weighted by Crippen LogP contribution is -2.46. The summed E-state index contributed by atoms with van der Waals surface area (Å²) in [6, 6.07) is 4.16. The number of guanidine groups is 1. The molecule has 1 atom stereocenters. The number of furan rings is 1. The topological polar surface area (TPSA) is 82.3 Å². The van der Waals surface area contributed by atoms with Gasteiger partial charge in [-0.15, -0.1) is 0 Å². The van der Waals surface area contributed by atoms with E-state index in [4.69, 9.17) is 14.1 Å². The van der Waals surface area contributed by atoms with Gasteiger partial charge < -0.3 is 24.7 Å². The minimum absolute atomic E-state index is 0.246. The highest BCUT2D eigenvalue weighted by atomic mass is 16.5. The molecule has 8 nitrogen and oxygen atoms in total. The van der Waals surface area contributed by atoms with E-state index in [1.807, 2.05) is 12.1 Å². The molecule has 178 valence electrons. The van der Waals surface area contributed by atoms with E-state index in [-0.39, 0.29) is 12.0 Å². The van der Waals surface area contributed by atoms with Gasteiger partial charge in [-0.25, -0.2) is 0 Å². The number of carbonyl (C=O) groups excluding carboxylic acids is 1. The molecule has 3 fully saturated rings. The summed E-state index contributed by atoms with van der Waals surface area (Å²) in [4.78, 5) is 22.2. The quantitative estimate of drug-likeness (QED) is 0.470. The molecule has 0 bridgehead atoms. The number of amides is 1. The van der Waals surface area contributed by atoms with Gasteiger partial charge in [0.15, 0.2) is 5.96 Å². The number of nitrogens with zero attached hydrogens (tertiary/aromatic N) is 3. The van der Waals surface area contributed by atoms with E-state index in [2.05, 4.69) is 20.4 Å². The summed E-state index contributed by atoms with van der Waals surface area (Å²) in [7, 11) is 0. The normalized spacial score (nSPS) is 23.4. The van der Waals surface area contributed by atoms with Crippen molar-refractivity contribution in [3.05, 3.63) is 24.2 Å². The third kappa shape index (κ3) is 6.97. The molecule has 0 aromatic carbocycles. The molecule has 2 aliphatic heterocycles. The number of hydrogen-bond donors (Lipinski definition) is 2. The van der Waals surface area contributed by atoms with Crippen molar-refractivity contribution >= 4 is 11.9 Å². The number of nitrogens with one attached hydrogen (secondary N) is 2. The standard InChI is InChI=1S/C24H39N5O3/c30-23(20-5-2-1-3-6-20)29-12-9-21(19-29)27-24(25-10-8-22-7-4-16-32-22)26-11-13-28-14-17-31-18-15-28/h4,7,16,20-21H,1-3,5-6,8-15,17-19H2,(H2,25,26,27). The molecule has 32 heavy (non-hydrogen) atoms. The summed E-state index contributed by atoms with van der Waals surface area (Å²) >= 11 is 0. The molecule has 3 heterocycles. The predicted molar refractivity (Wildman–Crippen MR) is 125 cm³/mol. The second-order valence-corrected chi connectivity index (χ2v) is 9.19. The van der Waals surface area contributed by atoms with Crippen molar-refractivity contribution in [2.45, 2.75) is 51.0 Å². The number of morpholine rings is 1. The first-order chi connectivity index (χ1) is 15.8. The molecule has 0 spiro atoms. The summed E-state index contributed by atoms with van der Waals surface area (Å²) < 4.78 is 10.9. The fourth-order valence-corrected chi connectivity index (χ4v) is 4.92. The summed E-state index contributed by atoms with van der Waals surface area (Å²) in [6.45, 7) is 7.63. The Balaban J connectivity index is 1.27. The van der Waals surface area contributed by atoms with Crippen molar-refractivity contribution in [1.82, 2.24) is 20.4 Å². The number of aliphatic imine (C=N–C) groups is 1. The Hall–Kier alpha value is -2.06. The summed E-state index contributed by atoms with van der Waals surface area (Å²) in [5.74, 6) is 2.42. The molecular weight excluding hydrogens is 406 g/mol. The fraction of sp³-hybridized carbons (Fsp3) is 0.750. The Morgan fingerprint density at radius 1 is 1.12 bits per heavy atom. The average Bonchev–Trinajstić information content (AvgIpc) is 3.52. The van der Waals surface area contributed by atoms with E-state index in [1.54, 1.807) is 6.26 Å². The van der Waals surface area contributed by atoms with Gasteiger partial charge in [0.25, 0.3) is 0 Å². The van der Waals surface area contributed by atoms with Gasteiger partial charge in [0.05, 0.1) is 26.0 Å². The van der Waals surface area contributed by atoms with Crippen LogP contribution in [0.5, 0.6) is 0 Å². The van der Waals surface area contributed by atoms with Gasteiger partial charge >= 0.3 is 0 Å². The number of hydrogen-bond acceptors (Lipinski definition) is 5. The van der Waals surface area contributed by atoms with Gasteiger partial charge in [0, 0.05) is 57.6 Å². The third-order valence-corrected chi connectivity index (χ3v) is 6.83. The Bertz CT molecular complexity index is 711. The molecule has 0 radical (unpaired) electrons. The van der Waals surface area contributed by atoms with Crippen LogP contribution in [-0.2, 0) is 16.0 Å². The Morgan fingerprint density at radius 3 is 2.75 bits per heavy atom. The van der Waals surface area contributed by atoms with Crippen LogP contribution in [-0.4, -0.2) is 86.7 Å². The van der Waals surface area contributed by atoms with Crippen LogP contribution in [0.15, 0.2) is 27.8 Å². The molecule has 2 saturated heterocycles. The van der Waals surface area contributed by atoms with E-state index in [0.29, 0.717) is 5.91 Å². The van der Waals surface area contributed by atoms with Crippen LogP contribution >= 0.6 is 0 Å². The van der Waals surface area contributed by atoms with Crippen LogP contribution in [0.1, 0.15) is 44.3 Å². The van der Waals surface area contributed by atoms with E-state index >= 15 is 0 Å². The molecule has 2 N–H and O–H groups in total. The van der Waals surface area contributed by atoms with Crippen molar-refractivity contribution < 1.29 is 13.9 Å². The number of carbonyl (C=O) groups is 1. The van der Waals surface area contributed by atoms with Gasteiger partial charge in [0.1, 0.15) is 5.76 Å². The van der Waals surface area contributed by atoms with Crippen LogP contribution in [0.25, 0.3) is 0 Å². The Kier molecular flexibility index (Phi) is 8.85. The van der Waals surface area contributed by atoms with Gasteiger partial charge in [-0.3, -0.25) is 14.7 Å². The average molecular weight is 446 g/mol. The maximum absolute atomic E-state index is 12.9. The molecule has 8 heteroatoms. The zero-order chi connectivity index (χ0) is 22.0. The van der Waals surface area contributed by atoms with Crippen molar-refractivity contribution in [3.8, 4) is 0 Å². The zero-order valence-electron chi connectivity index (χ0n) is 19.3. The van der Waals surface area contributed by atoms with Gasteiger partial charge in [-0.1, -0.05) is 19.3 Å². The lowest BCUT2D eigenvalue weighted by Gasteiger charge is -2.27. The summed E-state index contributed by atoms with van der Waals surface area (Å²) in [5.41, 5.74) is 0. The monoisotopic (exact) mass is 445 g/mol. The molecular formula is C24H39N5O3. The smallest absolute Gasteiger partial charge is 0.225 e. The van der Waals surface area contributed by atoms with Crippen molar-refractivity contribution in [1.29, 1.82) is 0 Å². The van der Waals surface area contributed by atoms with E-state index in [9.17, 15) is 4.79 Å². The Labute approximate surface area is 191 Å². The SMILES string of the molecule is O=C(C1CCCCC1)N1CCC(NC(=NCCN2CCOCC2)NCCc2ccco2)C1. The van der Waals surface area contributed by atoms with E-state index in [0.717, 1.165) is 96.4 Å². The molecule has 1 unspecified atom stereocenters. The van der Waals surface area contributed by atoms with E-state index < -0.39 is 0 Å². The highest BCUT2D eigenvalue weighted by Crippen LogP contribution is 2.26. The zero-order valence-corrected chi connectivity index (χ0v) is 19.3. The Morgan fingerprint density at radius 2 is 1.97 bits per heavy atom. The van der Waals surface area contributed by atoms with Gasteiger partial charge in [0.2, 0.25) is 5.91 Å². The number of rotatable bonds is 8. The van der Waals surface area contributed by atoms with Crippen molar-refractivity contribution in [3.63, 3.8) is 0 Å². The van der Waals surface area contributed by atoms with Crippen LogP contribution < -0.4 is 10.6 Å². The molecule has 4 rings (SSSR count). The first-order valence-corrected chi connectivity index (χ1v) is 12.4. The molecule has 1 saturated carbocycles. The lowest BCUT2D eigenvalue weighted by molar-refractivity contribution is -0.135. The van der Waals surface area contributed by atoms with Gasteiger partial charge in [-0.05, 0) is 31.4 Å². The van der Waals surface area contributed by atoms with Crippen LogP contribution in [0.4, 0.5) is 0 Å². The predicted octanol–water partition coefficient (Wildman–Crippen LogP) is 1.87. The minimum Gasteiger partial charge on any atom is -0.469 e. The van der Waals surface area contributed by atoms with Crippen molar-refractivity contribution in [2.24, 2.45) is 10.9 Å². The number of ether oxygens (including phenoxy) is 1. The highest BCUT2D eigenvalue weighted by molar-refractivity contribution is 5.81. The molecule has 1 aliphatic carbocycles. The second kappa shape index (κ2) is 12.3. The molecule has 1 aromatic rings. The lowest BCUT2D eigenvalue weighted by atomic mass is 9.88. The fourth-order valence-electron chi connectivity index (χ4n) is 4.92. The van der Waals surface area contributed by atoms with Crippen LogP contribution in [0, 0.1) is 5.92 Å². The molecule has 1 amide bonds. The van der Waals surface area contributed by atoms with Crippen molar-refractivity contribution in [2.75, 3.05) is 59.0 Å². The maximum Gasteiger partial charge on any atom is 0.225 e. The van der Waals surface area contributed by atoms with Crippen LogP contribution in [0.2, 0.25) is 0 Å². The number of likely N-dealkylation sites (tertiary alicyclic amines) is 1. The summed E-state index contributed by atoms with van der Waals surface area (Å²) in [6.07, 6.45) is 9.31. The van der Waals surface area contributed by atoms with E-state index in [1.165, 1.54) is 19.3 Å². The first kappa shape index (κ1) is 23.1. The first-order valence-electron chi connectivity index (χ1n) is 12.4. The second-order valence-electron chi connectivity index (χ2n) is 9.19. The molecule has 1 aromatic heterocycles. The summed E-state index contributed by atoms with van der Waals surface area (Å²) in [5, 5.41) is 7.06.